The van der Waals surface area contributed by atoms with E-state index in [1.54, 1.807) is 48.0 Å². The molecule has 2 heterocycles. The molecular formula is C28H26N4O5. The number of carbonyl (C=O) groups is 3. The Hall–Kier alpha value is -4.66. The molecule has 3 amide bonds. The second kappa shape index (κ2) is 9.42. The maximum absolute atomic E-state index is 13.6. The lowest BCUT2D eigenvalue weighted by Gasteiger charge is -2.29. The summed E-state index contributed by atoms with van der Waals surface area (Å²) in [5, 5.41) is 9.37. The number of carboxylic acid groups (broad SMARTS) is 1. The van der Waals surface area contributed by atoms with Crippen LogP contribution in [0.1, 0.15) is 36.1 Å². The first-order valence-corrected chi connectivity index (χ1v) is 11.9. The third-order valence-electron chi connectivity index (χ3n) is 6.46. The second-order valence-corrected chi connectivity index (χ2v) is 9.27. The Morgan fingerprint density at radius 3 is 2.30 bits per heavy atom. The third-order valence-corrected chi connectivity index (χ3v) is 6.46. The van der Waals surface area contributed by atoms with Gasteiger partial charge >= 0.3 is 12.0 Å². The van der Waals surface area contributed by atoms with E-state index in [0.717, 1.165) is 0 Å². The number of amides is 3. The number of aromatic nitrogens is 2. The summed E-state index contributed by atoms with van der Waals surface area (Å²) in [6, 6.07) is 20.0. The average molecular weight is 499 g/mol. The molecule has 0 aliphatic carbocycles. The van der Waals surface area contributed by atoms with Crippen LogP contribution < -0.4 is 9.64 Å². The van der Waals surface area contributed by atoms with Gasteiger partial charge in [0.05, 0.1) is 16.6 Å². The Labute approximate surface area is 213 Å². The predicted octanol–water partition coefficient (Wildman–Crippen LogP) is 5.23. The fourth-order valence-electron chi connectivity index (χ4n) is 4.63. The minimum absolute atomic E-state index is 0.0892. The monoisotopic (exact) mass is 498 g/mol. The zero-order chi connectivity index (χ0) is 26.3. The van der Waals surface area contributed by atoms with E-state index in [1.807, 2.05) is 44.2 Å². The van der Waals surface area contributed by atoms with Gasteiger partial charge in [-0.2, -0.15) is 0 Å². The van der Waals surface area contributed by atoms with Crippen molar-refractivity contribution < 1.29 is 24.2 Å². The molecule has 37 heavy (non-hydrogen) atoms. The summed E-state index contributed by atoms with van der Waals surface area (Å²) in [6.45, 7) is 3.76. The van der Waals surface area contributed by atoms with E-state index in [9.17, 15) is 19.5 Å². The summed E-state index contributed by atoms with van der Waals surface area (Å²) in [5.41, 5.74) is 1.94. The van der Waals surface area contributed by atoms with Gasteiger partial charge in [0.1, 0.15) is 29.9 Å². The van der Waals surface area contributed by atoms with E-state index >= 15 is 0 Å². The van der Waals surface area contributed by atoms with Gasteiger partial charge in [0.15, 0.2) is 0 Å². The number of rotatable bonds is 7. The van der Waals surface area contributed by atoms with Crippen LogP contribution in [-0.4, -0.2) is 44.0 Å². The SMILES string of the molecule is CC(C)[C@@H](c1nc2ccc(C(=O)O)cc2n1C)N1C(=O)CN(c2ccc(Oc3ccccc3)cc2)C1=O. The van der Waals surface area contributed by atoms with Crippen LogP contribution in [0.15, 0.2) is 72.8 Å². The van der Waals surface area contributed by atoms with Gasteiger partial charge in [0, 0.05) is 12.7 Å². The molecule has 0 spiro atoms. The van der Waals surface area contributed by atoms with Gasteiger partial charge in [0.25, 0.3) is 5.91 Å². The number of urea groups is 1. The number of hydrogen-bond acceptors (Lipinski definition) is 5. The van der Waals surface area contributed by atoms with Gasteiger partial charge in [-0.05, 0) is 60.5 Å². The number of nitrogens with zero attached hydrogens (tertiary/aromatic N) is 4. The highest BCUT2D eigenvalue weighted by atomic mass is 16.5. The maximum Gasteiger partial charge on any atom is 0.335 e. The zero-order valence-electron chi connectivity index (χ0n) is 20.7. The standard InChI is InChI=1S/C28H26N4O5/c1-17(2)25(26-29-22-14-9-18(27(34)35)15-23(22)30(26)3)32-24(33)16-31(28(32)36)19-10-12-21(13-11-19)37-20-7-5-4-6-8-20/h4-15,17,25H,16H2,1-3H3,(H,34,35)/t25-/m0/s1. The quantitative estimate of drug-likeness (QED) is 0.350. The average Bonchev–Trinajstić information content (AvgIpc) is 3.36. The molecule has 9 heteroatoms. The lowest BCUT2D eigenvalue weighted by Crippen LogP contribution is -2.39. The van der Waals surface area contributed by atoms with Crippen molar-refractivity contribution in [1.29, 1.82) is 0 Å². The molecule has 1 N–H and O–H groups in total. The number of carbonyl (C=O) groups excluding carboxylic acids is 2. The van der Waals surface area contributed by atoms with Crippen molar-refractivity contribution in [3.05, 3.63) is 84.2 Å². The largest absolute Gasteiger partial charge is 0.478 e. The number of aromatic carboxylic acids is 1. The minimum atomic E-state index is -1.04. The fourth-order valence-corrected chi connectivity index (χ4v) is 4.63. The molecule has 1 aromatic heterocycles. The zero-order valence-corrected chi connectivity index (χ0v) is 20.7. The summed E-state index contributed by atoms with van der Waals surface area (Å²) in [6.07, 6.45) is 0. The molecule has 1 atom stereocenters. The summed E-state index contributed by atoms with van der Waals surface area (Å²) >= 11 is 0. The number of hydrogen-bond donors (Lipinski definition) is 1. The lowest BCUT2D eigenvalue weighted by atomic mass is 10.0. The number of para-hydroxylation sites is 1. The van der Waals surface area contributed by atoms with Crippen molar-refractivity contribution in [1.82, 2.24) is 14.5 Å². The number of carboxylic acids is 1. The van der Waals surface area contributed by atoms with Crippen LogP contribution in [0.5, 0.6) is 11.5 Å². The van der Waals surface area contributed by atoms with E-state index in [0.29, 0.717) is 34.0 Å². The summed E-state index contributed by atoms with van der Waals surface area (Å²) in [4.78, 5) is 45.6. The van der Waals surface area contributed by atoms with E-state index < -0.39 is 18.0 Å². The number of imide groups is 1. The first-order valence-electron chi connectivity index (χ1n) is 11.9. The van der Waals surface area contributed by atoms with Crippen molar-refractivity contribution in [3.8, 4) is 11.5 Å². The highest BCUT2D eigenvalue weighted by molar-refractivity contribution is 6.12. The molecule has 0 bridgehead atoms. The molecule has 1 saturated heterocycles. The molecule has 1 aliphatic heterocycles. The Morgan fingerprint density at radius 2 is 1.65 bits per heavy atom. The number of fused-ring (bicyclic) bond motifs is 1. The van der Waals surface area contributed by atoms with E-state index in [1.165, 1.54) is 15.9 Å². The summed E-state index contributed by atoms with van der Waals surface area (Å²) in [7, 11) is 1.76. The van der Waals surface area contributed by atoms with E-state index in [4.69, 9.17) is 4.74 Å². The van der Waals surface area contributed by atoms with Crippen LogP contribution in [0.3, 0.4) is 0 Å². The van der Waals surface area contributed by atoms with Crippen molar-refractivity contribution in [2.75, 3.05) is 11.4 Å². The highest BCUT2D eigenvalue weighted by Crippen LogP contribution is 2.35. The molecular weight excluding hydrogens is 472 g/mol. The number of benzene rings is 3. The first kappa shape index (κ1) is 24.1. The van der Waals surface area contributed by atoms with Gasteiger partial charge in [-0.1, -0.05) is 32.0 Å². The van der Waals surface area contributed by atoms with Crippen LogP contribution >= 0.6 is 0 Å². The van der Waals surface area contributed by atoms with Gasteiger partial charge in [0.2, 0.25) is 0 Å². The fraction of sp³-hybridized carbons (Fsp3) is 0.214. The van der Waals surface area contributed by atoms with Gasteiger partial charge < -0.3 is 14.4 Å². The van der Waals surface area contributed by atoms with Crippen molar-refractivity contribution in [3.63, 3.8) is 0 Å². The molecule has 0 saturated carbocycles. The summed E-state index contributed by atoms with van der Waals surface area (Å²) < 4.78 is 7.58. The predicted molar refractivity (Wildman–Crippen MR) is 138 cm³/mol. The van der Waals surface area contributed by atoms with Crippen LogP contribution in [0.25, 0.3) is 11.0 Å². The van der Waals surface area contributed by atoms with Gasteiger partial charge in [-0.25, -0.2) is 14.6 Å². The van der Waals surface area contributed by atoms with Crippen molar-refractivity contribution in [2.24, 2.45) is 13.0 Å². The Morgan fingerprint density at radius 1 is 0.973 bits per heavy atom. The van der Waals surface area contributed by atoms with Crippen LogP contribution in [0.2, 0.25) is 0 Å². The third kappa shape index (κ3) is 4.40. The van der Waals surface area contributed by atoms with Crippen LogP contribution in [-0.2, 0) is 11.8 Å². The molecule has 3 aromatic carbocycles. The molecule has 0 unspecified atom stereocenters. The second-order valence-electron chi connectivity index (χ2n) is 9.27. The molecule has 188 valence electrons. The summed E-state index contributed by atoms with van der Waals surface area (Å²) in [5.74, 6) is 0.334. The number of aryl methyl sites for hydroxylation is 1. The van der Waals surface area contributed by atoms with E-state index in [2.05, 4.69) is 4.98 Å². The number of ether oxygens (including phenoxy) is 1. The number of imidazole rings is 1. The lowest BCUT2D eigenvalue weighted by molar-refractivity contribution is -0.127. The minimum Gasteiger partial charge on any atom is -0.478 e. The van der Waals surface area contributed by atoms with Gasteiger partial charge in [-0.3, -0.25) is 14.6 Å². The van der Waals surface area contributed by atoms with Crippen LogP contribution in [0, 0.1) is 5.92 Å². The Bertz CT molecular complexity index is 1490. The molecule has 4 aromatic rings. The number of anilines is 1. The topological polar surface area (TPSA) is 105 Å². The molecule has 9 nitrogen and oxygen atoms in total. The smallest absolute Gasteiger partial charge is 0.335 e. The Kier molecular flexibility index (Phi) is 6.12. The Balaban J connectivity index is 1.43. The molecule has 1 fully saturated rings. The highest BCUT2D eigenvalue weighted by Gasteiger charge is 2.44. The first-order chi connectivity index (χ1) is 17.7. The van der Waals surface area contributed by atoms with E-state index in [-0.39, 0.29) is 23.9 Å². The maximum atomic E-state index is 13.6. The molecule has 1 aliphatic rings. The molecule has 5 rings (SSSR count). The molecule has 0 radical (unpaired) electrons. The van der Waals surface area contributed by atoms with Crippen molar-refractivity contribution >= 4 is 34.6 Å². The normalized spacial score (nSPS) is 14.6. The van der Waals surface area contributed by atoms with Gasteiger partial charge in [-0.15, -0.1) is 0 Å². The van der Waals surface area contributed by atoms with Crippen LogP contribution in [0.4, 0.5) is 10.5 Å². The van der Waals surface area contributed by atoms with Crippen molar-refractivity contribution in [2.45, 2.75) is 19.9 Å².